The van der Waals surface area contributed by atoms with Crippen LogP contribution >= 0.6 is 0 Å². The van der Waals surface area contributed by atoms with Crippen molar-refractivity contribution in [2.24, 2.45) is 0 Å². The Hall–Kier alpha value is -4.10. The molecule has 7 nitrogen and oxygen atoms in total. The monoisotopic (exact) mass is 451 g/mol. The standard InChI is InChI=1S/C27H29N7/c28-25-26(31-34(23-12-6-2-7-13-23)24-14-8-3-9-15-24)29-21-30-27(25)33-18-16-32(17-19-33)20-22-10-4-1-5-11-22/h1-15,21H,16-20,28H2,(H,29,30,31). The topological polar surface area (TPSA) is 73.5 Å². The van der Waals surface area contributed by atoms with Gasteiger partial charge in [-0.1, -0.05) is 66.7 Å². The highest BCUT2D eigenvalue weighted by molar-refractivity contribution is 5.78. The van der Waals surface area contributed by atoms with Crippen molar-refractivity contribution >= 4 is 28.7 Å². The van der Waals surface area contributed by atoms with E-state index in [1.807, 2.05) is 65.7 Å². The molecule has 0 amide bonds. The van der Waals surface area contributed by atoms with Gasteiger partial charge < -0.3 is 10.6 Å². The summed E-state index contributed by atoms with van der Waals surface area (Å²) in [5.41, 5.74) is 13.9. The van der Waals surface area contributed by atoms with Gasteiger partial charge >= 0.3 is 0 Å². The number of hydrogen-bond acceptors (Lipinski definition) is 7. The van der Waals surface area contributed by atoms with Crippen molar-refractivity contribution in [3.05, 3.63) is 103 Å². The number of benzene rings is 3. The zero-order chi connectivity index (χ0) is 23.2. The maximum absolute atomic E-state index is 6.61. The van der Waals surface area contributed by atoms with Crippen molar-refractivity contribution < 1.29 is 0 Å². The highest BCUT2D eigenvalue weighted by Crippen LogP contribution is 2.31. The molecular formula is C27H29N7. The SMILES string of the molecule is Nc1c(NN(c2ccccc2)c2ccccc2)ncnc1N1CCN(Cc2ccccc2)CC1. The second kappa shape index (κ2) is 10.2. The lowest BCUT2D eigenvalue weighted by Gasteiger charge is -2.36. The van der Waals surface area contributed by atoms with Gasteiger partial charge in [-0.15, -0.1) is 0 Å². The number of nitrogens with one attached hydrogen (secondary N) is 1. The van der Waals surface area contributed by atoms with Gasteiger partial charge in [0.2, 0.25) is 0 Å². The molecule has 3 N–H and O–H groups in total. The van der Waals surface area contributed by atoms with Crippen LogP contribution in [0.25, 0.3) is 0 Å². The molecule has 0 spiro atoms. The van der Waals surface area contributed by atoms with E-state index in [4.69, 9.17) is 5.73 Å². The lowest BCUT2D eigenvalue weighted by molar-refractivity contribution is 0.249. The van der Waals surface area contributed by atoms with Crippen LogP contribution in [0.15, 0.2) is 97.3 Å². The Labute approximate surface area is 200 Å². The summed E-state index contributed by atoms with van der Waals surface area (Å²) < 4.78 is 0. The van der Waals surface area contributed by atoms with Crippen LogP contribution in [-0.4, -0.2) is 41.0 Å². The number of nitrogen functional groups attached to an aromatic ring is 1. The van der Waals surface area contributed by atoms with Crippen molar-refractivity contribution in [1.29, 1.82) is 0 Å². The summed E-state index contributed by atoms with van der Waals surface area (Å²) in [5.74, 6) is 1.36. The summed E-state index contributed by atoms with van der Waals surface area (Å²) >= 11 is 0. The minimum atomic E-state index is 0.552. The van der Waals surface area contributed by atoms with E-state index in [9.17, 15) is 0 Å². The number of nitrogens with zero attached hydrogens (tertiary/aromatic N) is 5. The summed E-state index contributed by atoms with van der Waals surface area (Å²) in [7, 11) is 0. The van der Waals surface area contributed by atoms with Crippen LogP contribution in [0.2, 0.25) is 0 Å². The quantitative estimate of drug-likeness (QED) is 0.400. The molecule has 0 bridgehead atoms. The Kier molecular flexibility index (Phi) is 6.54. The van der Waals surface area contributed by atoms with Crippen LogP contribution in [0.4, 0.5) is 28.7 Å². The number of hydrogen-bond donors (Lipinski definition) is 2. The first kappa shape index (κ1) is 21.7. The molecule has 34 heavy (non-hydrogen) atoms. The molecule has 0 saturated carbocycles. The van der Waals surface area contributed by atoms with E-state index < -0.39 is 0 Å². The second-order valence-electron chi connectivity index (χ2n) is 8.33. The molecule has 3 aromatic carbocycles. The molecule has 4 aromatic rings. The van der Waals surface area contributed by atoms with Crippen LogP contribution in [0.5, 0.6) is 0 Å². The number of piperazine rings is 1. The fourth-order valence-electron chi connectivity index (χ4n) is 4.22. The Morgan fingerprint density at radius 2 is 1.29 bits per heavy atom. The minimum absolute atomic E-state index is 0.552. The molecule has 7 heteroatoms. The van der Waals surface area contributed by atoms with E-state index in [0.717, 1.165) is 49.9 Å². The molecule has 0 unspecified atom stereocenters. The van der Waals surface area contributed by atoms with E-state index in [-0.39, 0.29) is 0 Å². The Bertz CT molecular complexity index is 1140. The minimum Gasteiger partial charge on any atom is -0.393 e. The number of nitrogens with two attached hydrogens (primary N) is 1. The molecule has 1 saturated heterocycles. The van der Waals surface area contributed by atoms with Gasteiger partial charge in [-0.3, -0.25) is 15.3 Å². The smallest absolute Gasteiger partial charge is 0.173 e. The fraction of sp³-hybridized carbons (Fsp3) is 0.185. The van der Waals surface area contributed by atoms with Gasteiger partial charge in [0.25, 0.3) is 0 Å². The van der Waals surface area contributed by atoms with Crippen LogP contribution in [0, 0.1) is 0 Å². The Morgan fingerprint density at radius 1 is 0.735 bits per heavy atom. The van der Waals surface area contributed by atoms with Crippen LogP contribution in [0.3, 0.4) is 0 Å². The summed E-state index contributed by atoms with van der Waals surface area (Å²) in [4.78, 5) is 13.7. The predicted molar refractivity (Wildman–Crippen MR) is 139 cm³/mol. The molecule has 1 aliphatic heterocycles. The summed E-state index contributed by atoms with van der Waals surface area (Å²) in [6, 6.07) is 30.8. The molecule has 0 radical (unpaired) electrons. The zero-order valence-electron chi connectivity index (χ0n) is 19.1. The Balaban J connectivity index is 1.32. The van der Waals surface area contributed by atoms with Crippen molar-refractivity contribution in [2.75, 3.05) is 47.2 Å². The molecule has 0 atom stereocenters. The molecule has 1 aliphatic rings. The van der Waals surface area contributed by atoms with Gasteiger partial charge in [0.05, 0.1) is 11.4 Å². The van der Waals surface area contributed by atoms with Gasteiger partial charge in [-0.25, -0.2) is 9.97 Å². The van der Waals surface area contributed by atoms with Crippen LogP contribution in [0.1, 0.15) is 5.56 Å². The molecule has 2 heterocycles. The average Bonchev–Trinajstić information content (AvgIpc) is 2.90. The first-order chi connectivity index (χ1) is 16.8. The average molecular weight is 452 g/mol. The lowest BCUT2D eigenvalue weighted by Crippen LogP contribution is -2.46. The van der Waals surface area contributed by atoms with Crippen molar-refractivity contribution in [3.8, 4) is 0 Å². The van der Waals surface area contributed by atoms with Gasteiger partial charge in [0, 0.05) is 32.7 Å². The summed E-state index contributed by atoms with van der Waals surface area (Å²) in [5, 5.41) is 1.99. The molecule has 1 fully saturated rings. The largest absolute Gasteiger partial charge is 0.393 e. The van der Waals surface area contributed by atoms with Crippen molar-refractivity contribution in [1.82, 2.24) is 14.9 Å². The predicted octanol–water partition coefficient (Wildman–Crippen LogP) is 4.55. The summed E-state index contributed by atoms with van der Waals surface area (Å²) in [6.07, 6.45) is 1.58. The zero-order valence-corrected chi connectivity index (χ0v) is 19.1. The van der Waals surface area contributed by atoms with Gasteiger partial charge in [0.15, 0.2) is 11.6 Å². The van der Waals surface area contributed by atoms with Crippen molar-refractivity contribution in [3.63, 3.8) is 0 Å². The normalized spacial score (nSPS) is 14.1. The van der Waals surface area contributed by atoms with Crippen LogP contribution < -0.4 is 21.1 Å². The lowest BCUT2D eigenvalue weighted by atomic mass is 10.2. The van der Waals surface area contributed by atoms with E-state index in [2.05, 4.69) is 55.5 Å². The molecule has 172 valence electrons. The van der Waals surface area contributed by atoms with Gasteiger partial charge in [-0.2, -0.15) is 0 Å². The van der Waals surface area contributed by atoms with E-state index in [1.165, 1.54) is 5.56 Å². The fourth-order valence-corrected chi connectivity index (χ4v) is 4.22. The number of para-hydroxylation sites is 2. The number of rotatable bonds is 7. The number of anilines is 5. The van der Waals surface area contributed by atoms with Gasteiger partial charge in [-0.05, 0) is 29.8 Å². The third-order valence-electron chi connectivity index (χ3n) is 6.03. The molecule has 5 rings (SSSR count). The number of aromatic nitrogens is 2. The molecule has 1 aromatic heterocycles. The third-order valence-corrected chi connectivity index (χ3v) is 6.03. The molecule has 0 aliphatic carbocycles. The highest BCUT2D eigenvalue weighted by atomic mass is 15.5. The first-order valence-corrected chi connectivity index (χ1v) is 11.6. The van der Waals surface area contributed by atoms with E-state index >= 15 is 0 Å². The van der Waals surface area contributed by atoms with Gasteiger partial charge in [0.1, 0.15) is 12.0 Å². The maximum Gasteiger partial charge on any atom is 0.173 e. The van der Waals surface area contributed by atoms with E-state index in [1.54, 1.807) is 6.33 Å². The van der Waals surface area contributed by atoms with Crippen molar-refractivity contribution in [2.45, 2.75) is 6.54 Å². The molecular weight excluding hydrogens is 422 g/mol. The third kappa shape index (κ3) is 4.94. The first-order valence-electron chi connectivity index (χ1n) is 11.6. The van der Waals surface area contributed by atoms with E-state index in [0.29, 0.717) is 11.5 Å². The second-order valence-corrected chi connectivity index (χ2v) is 8.33. The Morgan fingerprint density at radius 3 is 1.88 bits per heavy atom. The van der Waals surface area contributed by atoms with Crippen LogP contribution in [-0.2, 0) is 6.54 Å². The summed E-state index contributed by atoms with van der Waals surface area (Å²) in [6.45, 7) is 4.62. The highest BCUT2D eigenvalue weighted by Gasteiger charge is 2.22. The maximum atomic E-state index is 6.61. The number of hydrazine groups is 1.